The third-order valence-corrected chi connectivity index (χ3v) is 3.07. The number of hydrogen-bond donors (Lipinski definition) is 1. The molecule has 0 bridgehead atoms. The largest absolute Gasteiger partial charge is 0.772 e. The molecule has 5 nitrogen and oxygen atoms in total. The molecule has 0 aliphatic heterocycles. The zero-order valence-corrected chi connectivity index (χ0v) is 10.6. The molecule has 1 atom stereocenters. The zero-order valence-electron chi connectivity index (χ0n) is 9.79. The second kappa shape index (κ2) is 5.24. The SMILES string of the molecule is Cc1cnc(N)nc1-c1ccc(CS(=O)[O-])cc1. The Balaban J connectivity index is 2.34. The molecule has 1 unspecified atom stereocenters. The van der Waals surface area contributed by atoms with Crippen LogP contribution in [0.3, 0.4) is 0 Å². The maximum atomic E-state index is 10.6. The average molecular weight is 262 g/mol. The quantitative estimate of drug-likeness (QED) is 0.844. The van der Waals surface area contributed by atoms with Gasteiger partial charge in [0, 0.05) is 17.5 Å². The van der Waals surface area contributed by atoms with E-state index in [1.165, 1.54) is 0 Å². The van der Waals surface area contributed by atoms with E-state index in [2.05, 4.69) is 9.97 Å². The van der Waals surface area contributed by atoms with Crippen LogP contribution in [-0.4, -0.2) is 18.7 Å². The second-order valence-corrected chi connectivity index (χ2v) is 4.80. The molecule has 0 fully saturated rings. The van der Waals surface area contributed by atoms with E-state index >= 15 is 0 Å². The Kier molecular flexibility index (Phi) is 3.69. The van der Waals surface area contributed by atoms with Crippen LogP contribution in [0, 0.1) is 6.92 Å². The molecular formula is C12H12N3O2S-. The lowest BCUT2D eigenvalue weighted by Crippen LogP contribution is -1.98. The first kappa shape index (κ1) is 12.7. The number of hydrogen-bond acceptors (Lipinski definition) is 5. The Labute approximate surface area is 107 Å². The van der Waals surface area contributed by atoms with Crippen molar-refractivity contribution in [1.82, 2.24) is 9.97 Å². The van der Waals surface area contributed by atoms with Crippen molar-refractivity contribution >= 4 is 17.0 Å². The van der Waals surface area contributed by atoms with E-state index in [1.54, 1.807) is 18.3 Å². The molecule has 94 valence electrons. The first-order chi connectivity index (χ1) is 8.56. The summed E-state index contributed by atoms with van der Waals surface area (Å²) >= 11 is -2.07. The number of aromatic nitrogens is 2. The van der Waals surface area contributed by atoms with E-state index < -0.39 is 11.1 Å². The molecule has 0 saturated heterocycles. The second-order valence-electron chi connectivity index (χ2n) is 3.90. The number of anilines is 1. The molecule has 6 heteroatoms. The van der Waals surface area contributed by atoms with Gasteiger partial charge in [0.2, 0.25) is 5.95 Å². The van der Waals surface area contributed by atoms with Gasteiger partial charge in [0.05, 0.1) is 5.69 Å². The van der Waals surface area contributed by atoms with Crippen LogP contribution in [0.4, 0.5) is 5.95 Å². The Bertz CT molecular complexity index is 584. The summed E-state index contributed by atoms with van der Waals surface area (Å²) in [5.41, 5.74) is 8.87. The van der Waals surface area contributed by atoms with Gasteiger partial charge >= 0.3 is 0 Å². The molecule has 18 heavy (non-hydrogen) atoms. The number of nitrogens with two attached hydrogens (primary N) is 1. The van der Waals surface area contributed by atoms with Crippen molar-refractivity contribution in [3.05, 3.63) is 41.6 Å². The Morgan fingerprint density at radius 3 is 2.61 bits per heavy atom. The van der Waals surface area contributed by atoms with Crippen LogP contribution in [-0.2, 0) is 16.8 Å². The fraction of sp³-hybridized carbons (Fsp3) is 0.167. The highest BCUT2D eigenvalue weighted by atomic mass is 32.2. The number of aryl methyl sites for hydroxylation is 1. The van der Waals surface area contributed by atoms with Gasteiger partial charge in [-0.3, -0.25) is 4.21 Å². The van der Waals surface area contributed by atoms with Gasteiger partial charge in [-0.05, 0) is 18.1 Å². The monoisotopic (exact) mass is 262 g/mol. The van der Waals surface area contributed by atoms with Crippen molar-refractivity contribution in [2.45, 2.75) is 12.7 Å². The van der Waals surface area contributed by atoms with Crippen LogP contribution in [0.2, 0.25) is 0 Å². The molecule has 0 aliphatic rings. The topological polar surface area (TPSA) is 91.9 Å². The number of rotatable bonds is 3. The lowest BCUT2D eigenvalue weighted by atomic mass is 10.1. The highest BCUT2D eigenvalue weighted by Gasteiger charge is 2.05. The van der Waals surface area contributed by atoms with E-state index in [0.29, 0.717) is 0 Å². The number of nitrogens with zero attached hydrogens (tertiary/aromatic N) is 2. The summed E-state index contributed by atoms with van der Waals surface area (Å²) in [5, 5.41) is 0. The minimum Gasteiger partial charge on any atom is -0.772 e. The van der Waals surface area contributed by atoms with Crippen LogP contribution in [0.25, 0.3) is 11.3 Å². The van der Waals surface area contributed by atoms with E-state index in [9.17, 15) is 8.76 Å². The lowest BCUT2D eigenvalue weighted by Gasteiger charge is -2.08. The van der Waals surface area contributed by atoms with Crippen LogP contribution < -0.4 is 5.73 Å². The van der Waals surface area contributed by atoms with Crippen molar-refractivity contribution in [3.63, 3.8) is 0 Å². The number of nitrogen functional groups attached to an aromatic ring is 1. The van der Waals surface area contributed by atoms with Gasteiger partial charge in [-0.2, -0.15) is 0 Å². The molecule has 1 heterocycles. The zero-order chi connectivity index (χ0) is 13.1. The summed E-state index contributed by atoms with van der Waals surface area (Å²) < 4.78 is 21.2. The van der Waals surface area contributed by atoms with Crippen molar-refractivity contribution in [2.24, 2.45) is 0 Å². The van der Waals surface area contributed by atoms with Gasteiger partial charge in [-0.25, -0.2) is 9.97 Å². The Morgan fingerprint density at radius 1 is 1.33 bits per heavy atom. The van der Waals surface area contributed by atoms with E-state index in [1.807, 2.05) is 19.1 Å². The van der Waals surface area contributed by atoms with Crippen molar-refractivity contribution in [3.8, 4) is 11.3 Å². The first-order valence-corrected chi connectivity index (χ1v) is 6.55. The van der Waals surface area contributed by atoms with E-state index in [0.717, 1.165) is 22.4 Å². The van der Waals surface area contributed by atoms with Gasteiger partial charge in [0.1, 0.15) is 0 Å². The molecule has 0 spiro atoms. The lowest BCUT2D eigenvalue weighted by molar-refractivity contribution is 0.536. The summed E-state index contributed by atoms with van der Waals surface area (Å²) in [4.78, 5) is 8.09. The summed E-state index contributed by atoms with van der Waals surface area (Å²) in [6, 6.07) is 7.19. The van der Waals surface area contributed by atoms with Crippen LogP contribution in [0.5, 0.6) is 0 Å². The van der Waals surface area contributed by atoms with E-state index in [-0.39, 0.29) is 11.7 Å². The maximum absolute atomic E-state index is 10.6. The van der Waals surface area contributed by atoms with Crippen LogP contribution >= 0.6 is 0 Å². The molecule has 1 aromatic carbocycles. The molecule has 0 saturated carbocycles. The van der Waals surface area contributed by atoms with Crippen LogP contribution in [0.15, 0.2) is 30.5 Å². The predicted molar refractivity (Wildman–Crippen MR) is 69.2 cm³/mol. The average Bonchev–Trinajstić information content (AvgIpc) is 2.33. The molecule has 1 aromatic heterocycles. The Morgan fingerprint density at radius 2 is 2.00 bits per heavy atom. The van der Waals surface area contributed by atoms with Gasteiger partial charge < -0.3 is 10.3 Å². The summed E-state index contributed by atoms with van der Waals surface area (Å²) in [6.45, 7) is 1.90. The van der Waals surface area contributed by atoms with E-state index in [4.69, 9.17) is 5.73 Å². The van der Waals surface area contributed by atoms with Crippen molar-refractivity contribution in [2.75, 3.05) is 5.73 Å². The molecule has 0 radical (unpaired) electrons. The smallest absolute Gasteiger partial charge is 0.220 e. The Hall–Kier alpha value is -1.79. The molecule has 2 rings (SSSR count). The number of benzene rings is 1. The van der Waals surface area contributed by atoms with Crippen molar-refractivity contribution < 1.29 is 8.76 Å². The molecule has 0 aliphatic carbocycles. The minimum absolute atomic E-state index is 0.0190. The van der Waals surface area contributed by atoms with Gasteiger partial charge in [-0.15, -0.1) is 0 Å². The first-order valence-electron chi connectivity index (χ1n) is 5.30. The van der Waals surface area contributed by atoms with Crippen LogP contribution in [0.1, 0.15) is 11.1 Å². The summed E-state index contributed by atoms with van der Waals surface area (Å²) in [5.74, 6) is 0.242. The maximum Gasteiger partial charge on any atom is 0.220 e. The minimum atomic E-state index is -2.07. The standard InChI is InChI=1S/C12H13N3O2S/c1-8-6-14-12(13)15-11(8)10-4-2-9(3-5-10)7-18(16)17/h2-6H,7H2,1H3,(H,16,17)(H2,13,14,15)/p-1. The molecular weight excluding hydrogens is 250 g/mol. The molecule has 0 amide bonds. The highest BCUT2D eigenvalue weighted by molar-refractivity contribution is 7.78. The third kappa shape index (κ3) is 2.91. The van der Waals surface area contributed by atoms with Gasteiger partial charge in [0.15, 0.2) is 0 Å². The highest BCUT2D eigenvalue weighted by Crippen LogP contribution is 2.21. The fourth-order valence-electron chi connectivity index (χ4n) is 1.64. The van der Waals surface area contributed by atoms with Gasteiger partial charge in [-0.1, -0.05) is 35.3 Å². The van der Waals surface area contributed by atoms with Crippen molar-refractivity contribution in [1.29, 1.82) is 0 Å². The molecule has 2 aromatic rings. The van der Waals surface area contributed by atoms with Gasteiger partial charge in [0.25, 0.3) is 0 Å². The summed E-state index contributed by atoms with van der Waals surface area (Å²) in [6.07, 6.45) is 1.66. The molecule has 2 N–H and O–H groups in total. The normalized spacial score (nSPS) is 12.3. The predicted octanol–water partition coefficient (Wildman–Crippen LogP) is 1.41. The fourth-order valence-corrected chi connectivity index (χ4v) is 2.11. The third-order valence-electron chi connectivity index (χ3n) is 2.50. The summed E-state index contributed by atoms with van der Waals surface area (Å²) in [7, 11) is 0.